The summed E-state index contributed by atoms with van der Waals surface area (Å²) in [6, 6.07) is -0.0373. The van der Waals surface area contributed by atoms with Crippen molar-refractivity contribution in [3.05, 3.63) is 36.4 Å². The molecule has 1 amide bonds. The largest absolute Gasteiger partial charge is 0.481 e. The average Bonchev–Trinajstić information content (AvgIpc) is 3.63. The van der Waals surface area contributed by atoms with E-state index in [0.717, 1.165) is 42.8 Å². The third kappa shape index (κ3) is 4.28. The van der Waals surface area contributed by atoms with Crippen LogP contribution in [-0.4, -0.2) is 39.8 Å². The van der Waals surface area contributed by atoms with Gasteiger partial charge in [-0.2, -0.15) is 13.2 Å². The molecule has 0 saturated heterocycles. The van der Waals surface area contributed by atoms with E-state index in [1.54, 1.807) is 0 Å². The lowest BCUT2D eigenvalue weighted by Crippen LogP contribution is -2.43. The van der Waals surface area contributed by atoms with Gasteiger partial charge in [-0.15, -0.1) is 0 Å². The van der Waals surface area contributed by atoms with Crippen LogP contribution in [0.1, 0.15) is 37.3 Å². The molecule has 2 saturated carbocycles. The number of hydrogen-bond donors (Lipinski definition) is 2. The first kappa shape index (κ1) is 20.6. The Labute approximate surface area is 171 Å². The molecular formula is C20H24F3N5O2. The number of methoxy groups -OCH3 is 1. The molecule has 0 aliphatic heterocycles. The molecule has 2 aromatic heterocycles. The molecule has 162 valence electrons. The highest BCUT2D eigenvalue weighted by molar-refractivity contribution is 5.94. The maximum Gasteiger partial charge on any atom is 0.413 e. The Morgan fingerprint density at radius 1 is 1.27 bits per heavy atom. The van der Waals surface area contributed by atoms with E-state index in [2.05, 4.69) is 15.3 Å². The van der Waals surface area contributed by atoms with Crippen molar-refractivity contribution in [1.29, 1.82) is 0 Å². The summed E-state index contributed by atoms with van der Waals surface area (Å²) in [5.41, 5.74) is 6.05. The van der Waals surface area contributed by atoms with Crippen molar-refractivity contribution in [2.24, 2.45) is 23.5 Å². The summed E-state index contributed by atoms with van der Waals surface area (Å²) in [4.78, 5) is 20.4. The number of nitrogens with one attached hydrogen (secondary N) is 1. The van der Waals surface area contributed by atoms with Crippen LogP contribution in [0.3, 0.4) is 0 Å². The van der Waals surface area contributed by atoms with E-state index < -0.39 is 24.2 Å². The summed E-state index contributed by atoms with van der Waals surface area (Å²) >= 11 is 0. The highest BCUT2D eigenvalue weighted by Crippen LogP contribution is 2.50. The lowest BCUT2D eigenvalue weighted by molar-refractivity contribution is -0.157. The van der Waals surface area contributed by atoms with Crippen LogP contribution >= 0.6 is 0 Å². The van der Waals surface area contributed by atoms with Crippen LogP contribution in [0.2, 0.25) is 0 Å². The normalized spacial score (nSPS) is 18.9. The van der Waals surface area contributed by atoms with Crippen molar-refractivity contribution in [3.8, 4) is 5.88 Å². The van der Waals surface area contributed by atoms with Gasteiger partial charge in [0.15, 0.2) is 11.9 Å². The summed E-state index contributed by atoms with van der Waals surface area (Å²) in [7, 11) is 1.26. The van der Waals surface area contributed by atoms with Crippen molar-refractivity contribution in [1.82, 2.24) is 14.5 Å². The number of ether oxygens (including phenoxy) is 1. The number of rotatable bonds is 8. The van der Waals surface area contributed by atoms with Crippen LogP contribution in [0.25, 0.3) is 0 Å². The van der Waals surface area contributed by atoms with E-state index in [0.29, 0.717) is 11.8 Å². The van der Waals surface area contributed by atoms with Gasteiger partial charge in [-0.25, -0.2) is 9.97 Å². The van der Waals surface area contributed by atoms with Gasteiger partial charge in [0, 0.05) is 18.0 Å². The Morgan fingerprint density at radius 3 is 2.50 bits per heavy atom. The molecule has 0 spiro atoms. The quantitative estimate of drug-likeness (QED) is 0.680. The standard InChI is InChI=1S/C20H24F3N5O2/c1-30-19-13(3-2-8-25-19)17(20(21,22)23)28-9-14(26-10-28)27-18(29)16(24)15(11-4-5-11)12-6-7-12/h2-3,8-12,15-17H,4-7,24H2,1H3,(H,27,29). The van der Waals surface area contributed by atoms with Gasteiger partial charge in [-0.3, -0.25) is 4.79 Å². The molecule has 2 aliphatic carbocycles. The first-order valence-corrected chi connectivity index (χ1v) is 9.95. The number of carbonyl (C=O) groups excluding carboxylic acids is 1. The summed E-state index contributed by atoms with van der Waals surface area (Å²) in [6.45, 7) is 0. The van der Waals surface area contributed by atoms with E-state index >= 15 is 0 Å². The average molecular weight is 423 g/mol. The van der Waals surface area contributed by atoms with Crippen molar-refractivity contribution in [2.75, 3.05) is 12.4 Å². The van der Waals surface area contributed by atoms with Crippen molar-refractivity contribution in [2.45, 2.75) is 43.9 Å². The van der Waals surface area contributed by atoms with Crippen LogP contribution in [0.4, 0.5) is 19.0 Å². The number of hydrogen-bond acceptors (Lipinski definition) is 5. The minimum absolute atomic E-state index is 0.0258. The third-order valence-corrected chi connectivity index (χ3v) is 5.80. The number of imidazole rings is 1. The Morgan fingerprint density at radius 2 is 1.93 bits per heavy atom. The van der Waals surface area contributed by atoms with Gasteiger partial charge < -0.3 is 20.4 Å². The van der Waals surface area contributed by atoms with Gasteiger partial charge in [-0.1, -0.05) is 0 Å². The fraction of sp³-hybridized carbons (Fsp3) is 0.550. The molecule has 2 aromatic rings. The molecule has 3 N–H and O–H groups in total. The molecule has 2 fully saturated rings. The Bertz CT molecular complexity index is 896. The van der Waals surface area contributed by atoms with Crippen molar-refractivity contribution in [3.63, 3.8) is 0 Å². The van der Waals surface area contributed by atoms with E-state index in [1.165, 1.54) is 25.4 Å². The van der Waals surface area contributed by atoms with Crippen molar-refractivity contribution < 1.29 is 22.7 Å². The van der Waals surface area contributed by atoms with Gasteiger partial charge >= 0.3 is 6.18 Å². The number of amides is 1. The van der Waals surface area contributed by atoms with Crippen LogP contribution < -0.4 is 15.8 Å². The van der Waals surface area contributed by atoms with Gasteiger partial charge in [0.2, 0.25) is 11.8 Å². The molecule has 2 heterocycles. The molecule has 4 rings (SSSR count). The molecule has 7 nitrogen and oxygen atoms in total. The first-order valence-electron chi connectivity index (χ1n) is 9.95. The van der Waals surface area contributed by atoms with E-state index in [1.807, 2.05) is 0 Å². The predicted octanol–water partition coefficient (Wildman–Crippen LogP) is 3.14. The summed E-state index contributed by atoms with van der Waals surface area (Å²) in [5, 5.41) is 2.58. The molecule has 0 bridgehead atoms. The number of nitrogens with two attached hydrogens (primary N) is 1. The second-order valence-corrected chi connectivity index (χ2v) is 8.02. The SMILES string of the molecule is COc1ncccc1C(n1cnc(NC(=O)C(N)C(C2CC2)C2CC2)c1)C(F)(F)F. The lowest BCUT2D eigenvalue weighted by atomic mass is 9.89. The molecule has 2 atom stereocenters. The number of halogens is 3. The highest BCUT2D eigenvalue weighted by atomic mass is 19.4. The minimum Gasteiger partial charge on any atom is -0.481 e. The van der Waals surface area contributed by atoms with Crippen LogP contribution in [0.5, 0.6) is 5.88 Å². The Kier molecular flexibility index (Phi) is 5.44. The molecule has 0 radical (unpaired) electrons. The fourth-order valence-electron chi connectivity index (χ4n) is 4.15. The number of nitrogens with zero attached hydrogens (tertiary/aromatic N) is 3. The maximum atomic E-state index is 13.9. The van der Waals surface area contributed by atoms with E-state index in [-0.39, 0.29) is 23.2 Å². The second-order valence-electron chi connectivity index (χ2n) is 8.02. The topological polar surface area (TPSA) is 95.1 Å². The van der Waals surface area contributed by atoms with Gasteiger partial charge in [0.1, 0.15) is 0 Å². The van der Waals surface area contributed by atoms with Crippen LogP contribution in [0.15, 0.2) is 30.9 Å². The smallest absolute Gasteiger partial charge is 0.413 e. The molecular weight excluding hydrogens is 399 g/mol. The van der Waals surface area contributed by atoms with Gasteiger partial charge in [0.05, 0.1) is 19.5 Å². The molecule has 2 aliphatic rings. The summed E-state index contributed by atoms with van der Waals surface area (Å²) in [6.07, 6.45) is 3.23. The predicted molar refractivity (Wildman–Crippen MR) is 103 cm³/mol. The minimum atomic E-state index is -4.63. The third-order valence-electron chi connectivity index (χ3n) is 5.80. The fourth-order valence-corrected chi connectivity index (χ4v) is 4.15. The van der Waals surface area contributed by atoms with Gasteiger partial charge in [-0.05, 0) is 55.6 Å². The zero-order valence-electron chi connectivity index (χ0n) is 16.5. The van der Waals surface area contributed by atoms with E-state index in [4.69, 9.17) is 10.5 Å². The number of anilines is 1. The summed E-state index contributed by atoms with van der Waals surface area (Å²) < 4.78 is 47.5. The van der Waals surface area contributed by atoms with Gasteiger partial charge in [0.25, 0.3) is 0 Å². The zero-order valence-corrected chi connectivity index (χ0v) is 16.5. The number of alkyl halides is 3. The number of pyridine rings is 1. The Hall–Kier alpha value is -2.62. The second kappa shape index (κ2) is 7.90. The number of carbonyl (C=O) groups is 1. The molecule has 10 heteroatoms. The maximum absolute atomic E-state index is 13.9. The van der Waals surface area contributed by atoms with Crippen LogP contribution in [0, 0.1) is 17.8 Å². The highest BCUT2D eigenvalue weighted by Gasteiger charge is 2.47. The summed E-state index contributed by atoms with van der Waals surface area (Å²) in [5.74, 6) is 0.573. The van der Waals surface area contributed by atoms with Crippen LogP contribution in [-0.2, 0) is 4.79 Å². The van der Waals surface area contributed by atoms with Crippen molar-refractivity contribution >= 4 is 11.7 Å². The molecule has 30 heavy (non-hydrogen) atoms. The Balaban J connectivity index is 1.53. The molecule has 0 aromatic carbocycles. The van der Waals surface area contributed by atoms with E-state index in [9.17, 15) is 18.0 Å². The molecule has 2 unspecified atom stereocenters. The number of aromatic nitrogens is 3. The lowest BCUT2D eigenvalue weighted by Gasteiger charge is -2.23. The zero-order chi connectivity index (χ0) is 21.5. The monoisotopic (exact) mass is 423 g/mol. The first-order chi connectivity index (χ1) is 14.3.